The summed E-state index contributed by atoms with van der Waals surface area (Å²) in [7, 11) is 0. The van der Waals surface area contributed by atoms with E-state index in [1.165, 1.54) is 24.3 Å². The molecule has 10 nitrogen and oxygen atoms in total. The van der Waals surface area contributed by atoms with Crippen LogP contribution in [0.25, 0.3) is 0 Å². The lowest BCUT2D eigenvalue weighted by Crippen LogP contribution is -2.53. The van der Waals surface area contributed by atoms with E-state index in [1.54, 1.807) is 36.4 Å². The maximum atomic E-state index is 14.8. The monoisotopic (exact) mass is 605 g/mol. The fourth-order valence-corrected chi connectivity index (χ4v) is 7.71. The van der Waals surface area contributed by atoms with Gasteiger partial charge >= 0.3 is 0 Å². The molecule has 12 heteroatoms. The lowest BCUT2D eigenvalue weighted by molar-refractivity contribution is -0.173. The van der Waals surface area contributed by atoms with E-state index >= 15 is 0 Å². The maximum absolute atomic E-state index is 14.8. The van der Waals surface area contributed by atoms with Gasteiger partial charge in [0.05, 0.1) is 29.4 Å². The zero-order valence-corrected chi connectivity index (χ0v) is 23.2. The Bertz CT molecular complexity index is 1700. The van der Waals surface area contributed by atoms with Crippen LogP contribution in [-0.2, 0) is 31.2 Å². The molecule has 1 aromatic heterocycles. The average Bonchev–Trinajstić information content (AvgIpc) is 3.64. The van der Waals surface area contributed by atoms with E-state index in [-0.39, 0.29) is 23.7 Å². The third kappa shape index (κ3) is 3.85. The number of carbonyl (C=O) groups excluding carboxylic acids is 4. The maximum Gasteiger partial charge on any atom is 0.260 e. The molecule has 2 aliphatic carbocycles. The molecule has 2 saturated heterocycles. The smallest absolute Gasteiger partial charge is 0.260 e. The number of hydrogen-bond acceptors (Lipinski definition) is 8. The van der Waals surface area contributed by atoms with Gasteiger partial charge in [-0.3, -0.25) is 29.8 Å². The first-order valence-electron chi connectivity index (χ1n) is 13.8. The summed E-state index contributed by atoms with van der Waals surface area (Å²) in [6, 6.07) is 15.0. The Labute approximate surface area is 249 Å². The number of aliphatic hydroxyl groups is 1. The predicted molar refractivity (Wildman–Crippen MR) is 147 cm³/mol. The molecule has 0 radical (unpaired) electrons. The summed E-state index contributed by atoms with van der Waals surface area (Å²) in [5.74, 6) is -6.98. The highest BCUT2D eigenvalue weighted by Crippen LogP contribution is 2.64. The molecule has 220 valence electrons. The first-order chi connectivity index (χ1) is 20.7. The third-order valence-corrected chi connectivity index (χ3v) is 9.61. The number of allylic oxidation sites excluding steroid dienone is 2. The summed E-state index contributed by atoms with van der Waals surface area (Å²) < 4.78 is 19.7. The van der Waals surface area contributed by atoms with E-state index in [4.69, 9.17) is 16.0 Å². The minimum atomic E-state index is -1.58. The standard InChI is InChI=1S/C31H25ClFN3O7/c32-16-3-1-15(2-4-16)31-23(28(39)35(30(31)41)34-18-7-5-17(33)6-8-18)13-22-20(26(31)24-12-9-19(14-37)43-24)10-11-21-25(22)29(40)36(42)27(21)38/h1-10,12,21-23,25-26,34,37,42H,11,13-14H2/t21-,22+,23-,25-,26+,31+/m0/s1. The topological polar surface area (TPSA) is 140 Å². The van der Waals surface area contributed by atoms with Crippen molar-refractivity contribution in [2.45, 2.75) is 30.8 Å². The predicted octanol–water partition coefficient (Wildman–Crippen LogP) is 3.94. The number of hydrazine groups is 1. The van der Waals surface area contributed by atoms with Gasteiger partial charge in [0.2, 0.25) is 0 Å². The van der Waals surface area contributed by atoms with Crippen LogP contribution < -0.4 is 5.43 Å². The van der Waals surface area contributed by atoms with Gasteiger partial charge in [-0.1, -0.05) is 35.4 Å². The molecule has 3 aromatic rings. The van der Waals surface area contributed by atoms with Gasteiger partial charge in [-0.2, -0.15) is 10.1 Å². The Morgan fingerprint density at radius 3 is 2.35 bits per heavy atom. The molecule has 6 atom stereocenters. The molecule has 3 fully saturated rings. The Morgan fingerprint density at radius 1 is 0.953 bits per heavy atom. The molecule has 0 spiro atoms. The molecule has 7 rings (SSSR count). The summed E-state index contributed by atoms with van der Waals surface area (Å²) in [6.07, 6.45) is 1.98. The Balaban J connectivity index is 1.46. The largest absolute Gasteiger partial charge is 0.463 e. The van der Waals surface area contributed by atoms with E-state index < -0.39 is 71.1 Å². The van der Waals surface area contributed by atoms with Crippen molar-refractivity contribution in [1.82, 2.24) is 10.1 Å². The quantitative estimate of drug-likeness (QED) is 0.226. The lowest BCUT2D eigenvalue weighted by Gasteiger charge is -2.49. The van der Waals surface area contributed by atoms with E-state index in [2.05, 4.69) is 5.43 Å². The van der Waals surface area contributed by atoms with Gasteiger partial charge in [0, 0.05) is 5.02 Å². The van der Waals surface area contributed by atoms with Crippen LogP contribution >= 0.6 is 11.6 Å². The van der Waals surface area contributed by atoms with Crippen LogP contribution in [0.1, 0.15) is 35.8 Å². The number of anilines is 1. The van der Waals surface area contributed by atoms with Gasteiger partial charge in [0.25, 0.3) is 23.6 Å². The van der Waals surface area contributed by atoms with E-state index in [0.717, 1.165) is 5.01 Å². The van der Waals surface area contributed by atoms with Crippen molar-refractivity contribution < 1.29 is 38.3 Å². The minimum Gasteiger partial charge on any atom is -0.463 e. The van der Waals surface area contributed by atoms with E-state index in [9.17, 15) is 33.9 Å². The molecule has 43 heavy (non-hydrogen) atoms. The van der Waals surface area contributed by atoms with Crippen molar-refractivity contribution >= 4 is 40.9 Å². The van der Waals surface area contributed by atoms with Gasteiger partial charge in [0.1, 0.15) is 29.4 Å². The second-order valence-electron chi connectivity index (χ2n) is 11.3. The van der Waals surface area contributed by atoms with Crippen molar-refractivity contribution in [2.75, 3.05) is 5.43 Å². The number of halogens is 2. The fourth-order valence-electron chi connectivity index (χ4n) is 7.58. The summed E-state index contributed by atoms with van der Waals surface area (Å²) in [5, 5.41) is 21.6. The minimum absolute atomic E-state index is 0.0265. The number of amides is 4. The Hall–Kier alpha value is -4.32. The first-order valence-corrected chi connectivity index (χ1v) is 14.2. The summed E-state index contributed by atoms with van der Waals surface area (Å²) in [6.45, 7) is -0.408. The summed E-state index contributed by atoms with van der Waals surface area (Å²) >= 11 is 6.23. The zero-order chi connectivity index (χ0) is 30.2. The van der Waals surface area contributed by atoms with Gasteiger partial charge in [-0.25, -0.2) is 4.39 Å². The summed E-state index contributed by atoms with van der Waals surface area (Å²) in [5.41, 5.74) is 2.68. The van der Waals surface area contributed by atoms with Crippen LogP contribution in [0, 0.1) is 29.5 Å². The zero-order valence-electron chi connectivity index (χ0n) is 22.4. The Kier molecular flexibility index (Phi) is 6.31. The highest BCUT2D eigenvalue weighted by molar-refractivity contribution is 6.30. The van der Waals surface area contributed by atoms with Crippen LogP contribution in [0.4, 0.5) is 10.1 Å². The fraction of sp³-hybridized carbons (Fsp3) is 0.290. The lowest BCUT2D eigenvalue weighted by atomic mass is 9.50. The summed E-state index contributed by atoms with van der Waals surface area (Å²) in [4.78, 5) is 55.1. The molecule has 0 bridgehead atoms. The van der Waals surface area contributed by atoms with Crippen LogP contribution in [0.15, 0.2) is 76.7 Å². The number of nitrogens with one attached hydrogen (secondary N) is 1. The second-order valence-corrected chi connectivity index (χ2v) is 11.8. The normalized spacial score (nSPS) is 29.9. The average molecular weight is 606 g/mol. The molecule has 4 amide bonds. The molecule has 0 unspecified atom stereocenters. The Morgan fingerprint density at radius 2 is 1.67 bits per heavy atom. The molecule has 2 aliphatic heterocycles. The van der Waals surface area contributed by atoms with Gasteiger partial charge in [-0.15, -0.1) is 0 Å². The number of benzene rings is 2. The van der Waals surface area contributed by atoms with E-state index in [0.29, 0.717) is 27.6 Å². The number of rotatable bonds is 5. The number of aliphatic hydroxyl groups excluding tert-OH is 1. The van der Waals surface area contributed by atoms with Crippen LogP contribution in [0.2, 0.25) is 5.02 Å². The third-order valence-electron chi connectivity index (χ3n) is 9.36. The van der Waals surface area contributed by atoms with Crippen molar-refractivity contribution in [2.24, 2.45) is 23.7 Å². The molecular weight excluding hydrogens is 581 g/mol. The van der Waals surface area contributed by atoms with Crippen molar-refractivity contribution in [1.29, 1.82) is 0 Å². The molecule has 1 saturated carbocycles. The number of furan rings is 1. The second kappa shape index (κ2) is 9.87. The van der Waals surface area contributed by atoms with Gasteiger partial charge < -0.3 is 9.52 Å². The molecular formula is C31H25ClFN3O7. The van der Waals surface area contributed by atoms with Gasteiger partial charge in [0.15, 0.2) is 0 Å². The number of carbonyl (C=O) groups is 4. The molecule has 3 N–H and O–H groups in total. The number of nitrogens with zero attached hydrogens (tertiary/aromatic N) is 2. The highest BCUT2D eigenvalue weighted by Gasteiger charge is 2.71. The first kappa shape index (κ1) is 27.5. The van der Waals surface area contributed by atoms with Crippen LogP contribution in [0.5, 0.6) is 0 Å². The molecule has 3 heterocycles. The van der Waals surface area contributed by atoms with Crippen molar-refractivity contribution in [3.8, 4) is 0 Å². The van der Waals surface area contributed by atoms with E-state index in [1.807, 2.05) is 6.08 Å². The van der Waals surface area contributed by atoms with Gasteiger partial charge in [-0.05, 0) is 72.9 Å². The molecule has 2 aromatic carbocycles. The van der Waals surface area contributed by atoms with Crippen molar-refractivity contribution in [3.63, 3.8) is 0 Å². The highest BCUT2D eigenvalue weighted by atomic mass is 35.5. The van der Waals surface area contributed by atoms with Crippen LogP contribution in [-0.4, -0.2) is 44.0 Å². The molecule has 4 aliphatic rings. The van der Waals surface area contributed by atoms with Crippen molar-refractivity contribution in [3.05, 3.63) is 100 Å². The SMILES string of the molecule is O=C1[C@H]2[C@H](CC=C3[C@H]2C[C@H]2C(=O)N(Nc4ccc(F)cc4)C(=O)[C@@]2(c2ccc(Cl)cc2)[C@H]3c2ccc(CO)o2)C(=O)N1O. The number of fused-ring (bicyclic) bond motifs is 4. The van der Waals surface area contributed by atoms with Crippen LogP contribution in [0.3, 0.4) is 0 Å². The number of imide groups is 2. The number of hydroxylamine groups is 2. The number of hydrogen-bond donors (Lipinski definition) is 3.